The van der Waals surface area contributed by atoms with Gasteiger partial charge in [0.2, 0.25) is 5.91 Å². The first kappa shape index (κ1) is 12.9. The second-order valence-corrected chi connectivity index (χ2v) is 4.35. The van der Waals surface area contributed by atoms with Gasteiger partial charge in [-0.2, -0.15) is 5.26 Å². The van der Waals surface area contributed by atoms with E-state index in [-0.39, 0.29) is 17.9 Å². The summed E-state index contributed by atoms with van der Waals surface area (Å²) in [5.74, 6) is -0.151. The molecule has 4 nitrogen and oxygen atoms in total. The van der Waals surface area contributed by atoms with Gasteiger partial charge in [0.25, 0.3) is 0 Å². The number of rotatable bonds is 3. The average molecular weight is 197 g/mol. The van der Waals surface area contributed by atoms with E-state index in [0.717, 1.165) is 0 Å². The largest absolute Gasteiger partial charge is 0.328 e. The van der Waals surface area contributed by atoms with Crippen LogP contribution in [0.4, 0.5) is 0 Å². The van der Waals surface area contributed by atoms with Gasteiger partial charge in [-0.05, 0) is 12.3 Å². The Morgan fingerprint density at radius 2 is 2.07 bits per heavy atom. The molecule has 0 fully saturated rings. The van der Waals surface area contributed by atoms with Gasteiger partial charge in [0, 0.05) is 6.54 Å². The number of nitrogens with zero attached hydrogens (tertiary/aromatic N) is 2. The lowest BCUT2D eigenvalue weighted by atomic mass is 9.86. The van der Waals surface area contributed by atoms with Gasteiger partial charge in [-0.3, -0.25) is 4.79 Å². The predicted octanol–water partition coefficient (Wildman–Crippen LogP) is 0.732. The maximum Gasteiger partial charge on any atom is 0.240 e. The Bertz CT molecular complexity index is 237. The molecule has 2 N–H and O–H groups in total. The Labute approximate surface area is 85.7 Å². The molecular formula is C10H19N3O. The molecule has 0 aliphatic heterocycles. The molecule has 0 aliphatic carbocycles. The number of carbonyl (C=O) groups excluding carboxylic acids is 1. The molecule has 0 aromatic carbocycles. The minimum Gasteiger partial charge on any atom is -0.328 e. The third-order valence-electron chi connectivity index (χ3n) is 2.15. The number of amides is 1. The minimum atomic E-state index is -0.546. The molecule has 0 saturated carbocycles. The van der Waals surface area contributed by atoms with Crippen molar-refractivity contribution < 1.29 is 4.79 Å². The number of hydrogen-bond donors (Lipinski definition) is 1. The van der Waals surface area contributed by atoms with Crippen LogP contribution in [0.2, 0.25) is 0 Å². The van der Waals surface area contributed by atoms with Gasteiger partial charge in [-0.1, -0.05) is 20.8 Å². The highest BCUT2D eigenvalue weighted by molar-refractivity contribution is 5.82. The number of hydrogen-bond acceptors (Lipinski definition) is 3. The number of nitriles is 1. The average Bonchev–Trinajstić information content (AvgIpc) is 2.10. The highest BCUT2D eigenvalue weighted by Gasteiger charge is 2.30. The van der Waals surface area contributed by atoms with Crippen LogP contribution >= 0.6 is 0 Å². The third kappa shape index (κ3) is 3.35. The Kier molecular flexibility index (Phi) is 4.58. The monoisotopic (exact) mass is 197 g/mol. The van der Waals surface area contributed by atoms with E-state index in [1.165, 1.54) is 4.90 Å². The number of nitrogens with two attached hydrogens (primary N) is 1. The zero-order chi connectivity index (χ0) is 11.4. The standard InChI is InChI=1S/C10H19N3O/c1-5-13(7-6-11)9(14)8(12)10(2,3)4/h8H,5,7,12H2,1-4H3/t8-/m1/s1. The van der Waals surface area contributed by atoms with Crippen molar-refractivity contribution in [3.63, 3.8) is 0 Å². The lowest BCUT2D eigenvalue weighted by molar-refractivity contribution is -0.134. The summed E-state index contributed by atoms with van der Waals surface area (Å²) in [7, 11) is 0. The highest BCUT2D eigenvalue weighted by Crippen LogP contribution is 2.18. The summed E-state index contributed by atoms with van der Waals surface area (Å²) in [6.45, 7) is 8.21. The van der Waals surface area contributed by atoms with Crippen molar-refractivity contribution in [2.24, 2.45) is 11.1 Å². The third-order valence-corrected chi connectivity index (χ3v) is 2.15. The second kappa shape index (κ2) is 4.97. The lowest BCUT2D eigenvalue weighted by Crippen LogP contribution is -2.50. The van der Waals surface area contributed by atoms with Crippen LogP contribution in [-0.4, -0.2) is 29.9 Å². The van der Waals surface area contributed by atoms with Gasteiger partial charge in [-0.25, -0.2) is 0 Å². The Morgan fingerprint density at radius 1 is 1.57 bits per heavy atom. The van der Waals surface area contributed by atoms with Crippen molar-refractivity contribution in [2.75, 3.05) is 13.1 Å². The molecule has 0 aromatic rings. The van der Waals surface area contributed by atoms with Crippen molar-refractivity contribution >= 4 is 5.91 Å². The summed E-state index contributed by atoms with van der Waals surface area (Å²) in [5.41, 5.74) is 5.54. The van der Waals surface area contributed by atoms with E-state index in [2.05, 4.69) is 0 Å². The van der Waals surface area contributed by atoms with E-state index in [0.29, 0.717) is 6.54 Å². The van der Waals surface area contributed by atoms with Crippen molar-refractivity contribution in [2.45, 2.75) is 33.7 Å². The second-order valence-electron chi connectivity index (χ2n) is 4.35. The van der Waals surface area contributed by atoms with Crippen molar-refractivity contribution in [1.29, 1.82) is 5.26 Å². The molecule has 0 rings (SSSR count). The van der Waals surface area contributed by atoms with Crippen LogP contribution in [0.15, 0.2) is 0 Å². The lowest BCUT2D eigenvalue weighted by Gasteiger charge is -2.30. The zero-order valence-electron chi connectivity index (χ0n) is 9.37. The Hall–Kier alpha value is -1.08. The first-order valence-electron chi connectivity index (χ1n) is 4.76. The molecule has 80 valence electrons. The summed E-state index contributed by atoms with van der Waals surface area (Å²) in [4.78, 5) is 13.2. The quantitative estimate of drug-likeness (QED) is 0.678. The van der Waals surface area contributed by atoms with E-state index in [1.54, 1.807) is 0 Å². The van der Waals surface area contributed by atoms with Gasteiger partial charge in [0.1, 0.15) is 6.54 Å². The molecule has 0 heterocycles. The fourth-order valence-corrected chi connectivity index (χ4v) is 0.998. The maximum absolute atomic E-state index is 11.8. The molecule has 0 unspecified atom stereocenters. The van der Waals surface area contributed by atoms with Crippen LogP contribution < -0.4 is 5.73 Å². The van der Waals surface area contributed by atoms with Crippen LogP contribution in [0.25, 0.3) is 0 Å². The van der Waals surface area contributed by atoms with Gasteiger partial charge in [0.15, 0.2) is 0 Å². The molecule has 0 spiro atoms. The van der Waals surface area contributed by atoms with E-state index >= 15 is 0 Å². The molecule has 1 atom stereocenters. The van der Waals surface area contributed by atoms with E-state index < -0.39 is 6.04 Å². The maximum atomic E-state index is 11.8. The van der Waals surface area contributed by atoms with Crippen LogP contribution in [0, 0.1) is 16.7 Å². The SMILES string of the molecule is CCN(CC#N)C(=O)[C@@H](N)C(C)(C)C. The molecule has 0 radical (unpaired) electrons. The Balaban J connectivity index is 4.52. The molecular weight excluding hydrogens is 178 g/mol. The first-order valence-corrected chi connectivity index (χ1v) is 4.76. The predicted molar refractivity (Wildman–Crippen MR) is 55.3 cm³/mol. The molecule has 0 saturated heterocycles. The van der Waals surface area contributed by atoms with Gasteiger partial charge >= 0.3 is 0 Å². The van der Waals surface area contributed by atoms with Crippen LogP contribution in [0.3, 0.4) is 0 Å². The molecule has 0 bridgehead atoms. The van der Waals surface area contributed by atoms with Gasteiger partial charge < -0.3 is 10.6 Å². The van der Waals surface area contributed by atoms with Crippen LogP contribution in [0.5, 0.6) is 0 Å². The van der Waals surface area contributed by atoms with Crippen molar-refractivity contribution in [3.05, 3.63) is 0 Å². The van der Waals surface area contributed by atoms with E-state index in [9.17, 15) is 4.79 Å². The fraction of sp³-hybridized carbons (Fsp3) is 0.800. The fourth-order valence-electron chi connectivity index (χ4n) is 0.998. The van der Waals surface area contributed by atoms with E-state index in [4.69, 9.17) is 11.0 Å². The van der Waals surface area contributed by atoms with Crippen LogP contribution in [-0.2, 0) is 4.79 Å². The van der Waals surface area contributed by atoms with Gasteiger partial charge in [-0.15, -0.1) is 0 Å². The van der Waals surface area contributed by atoms with Crippen LogP contribution in [0.1, 0.15) is 27.7 Å². The van der Waals surface area contributed by atoms with Gasteiger partial charge in [0.05, 0.1) is 12.1 Å². The van der Waals surface area contributed by atoms with E-state index in [1.807, 2.05) is 33.8 Å². The number of likely N-dealkylation sites (N-methyl/N-ethyl adjacent to an activating group) is 1. The van der Waals surface area contributed by atoms with Crippen molar-refractivity contribution in [1.82, 2.24) is 4.90 Å². The summed E-state index contributed by atoms with van der Waals surface area (Å²) >= 11 is 0. The summed E-state index contributed by atoms with van der Waals surface area (Å²) in [5, 5.41) is 8.52. The Morgan fingerprint density at radius 3 is 2.36 bits per heavy atom. The van der Waals surface area contributed by atoms with Crippen molar-refractivity contribution in [3.8, 4) is 6.07 Å². The first-order chi connectivity index (χ1) is 6.34. The molecule has 0 aromatic heterocycles. The normalized spacial score (nSPS) is 13.1. The molecule has 1 amide bonds. The molecule has 14 heavy (non-hydrogen) atoms. The highest BCUT2D eigenvalue weighted by atomic mass is 16.2. The zero-order valence-corrected chi connectivity index (χ0v) is 9.37. The topological polar surface area (TPSA) is 70.1 Å². The summed E-state index contributed by atoms with van der Waals surface area (Å²) < 4.78 is 0. The molecule has 4 heteroatoms. The number of carbonyl (C=O) groups is 1. The summed E-state index contributed by atoms with van der Waals surface area (Å²) in [6.07, 6.45) is 0. The summed E-state index contributed by atoms with van der Waals surface area (Å²) in [6, 6.07) is 1.41. The smallest absolute Gasteiger partial charge is 0.240 e. The minimum absolute atomic E-state index is 0.110. The molecule has 0 aliphatic rings.